The van der Waals surface area contributed by atoms with E-state index in [4.69, 9.17) is 9.68 Å². The summed E-state index contributed by atoms with van der Waals surface area (Å²) in [6, 6.07) is 9.56. The molecule has 0 atom stereocenters. The molecule has 0 aliphatic heterocycles. The Labute approximate surface area is 133 Å². The lowest BCUT2D eigenvalue weighted by Crippen LogP contribution is -2.27. The van der Waals surface area contributed by atoms with Crippen molar-refractivity contribution in [2.24, 2.45) is 0 Å². The van der Waals surface area contributed by atoms with Crippen molar-refractivity contribution < 1.29 is 4.42 Å². The number of aromatic nitrogens is 3. The number of nitrogens with zero attached hydrogens (tertiary/aromatic N) is 4. The van der Waals surface area contributed by atoms with Gasteiger partial charge in [-0.1, -0.05) is 12.1 Å². The summed E-state index contributed by atoms with van der Waals surface area (Å²) in [6.45, 7) is 3.96. The third-order valence-corrected chi connectivity index (χ3v) is 3.85. The molecular formula is C17H16N4O2. The third-order valence-electron chi connectivity index (χ3n) is 3.85. The van der Waals surface area contributed by atoms with E-state index in [1.807, 2.05) is 30.3 Å². The molecule has 6 nitrogen and oxygen atoms in total. The Bertz CT molecular complexity index is 930. The van der Waals surface area contributed by atoms with Crippen molar-refractivity contribution in [2.45, 2.75) is 33.2 Å². The minimum Gasteiger partial charge on any atom is -0.441 e. The molecule has 3 aromatic rings. The van der Waals surface area contributed by atoms with Crippen LogP contribution in [0.1, 0.15) is 29.1 Å². The van der Waals surface area contributed by atoms with Crippen LogP contribution < -0.4 is 5.56 Å². The van der Waals surface area contributed by atoms with Crippen LogP contribution in [-0.2, 0) is 13.0 Å². The quantitative estimate of drug-likeness (QED) is 0.739. The molecule has 0 aliphatic carbocycles. The van der Waals surface area contributed by atoms with Gasteiger partial charge in [-0.05, 0) is 38.0 Å². The van der Waals surface area contributed by atoms with Crippen LogP contribution in [0.3, 0.4) is 0 Å². The van der Waals surface area contributed by atoms with Gasteiger partial charge in [0.25, 0.3) is 5.56 Å². The van der Waals surface area contributed by atoms with E-state index in [-0.39, 0.29) is 11.1 Å². The summed E-state index contributed by atoms with van der Waals surface area (Å²) in [7, 11) is 0. The first-order chi connectivity index (χ1) is 11.1. The van der Waals surface area contributed by atoms with Crippen molar-refractivity contribution in [3.05, 3.63) is 57.3 Å². The number of fused-ring (bicyclic) bond motifs is 1. The second kappa shape index (κ2) is 6.05. The van der Waals surface area contributed by atoms with E-state index in [1.54, 1.807) is 13.8 Å². The maximum absolute atomic E-state index is 12.2. The van der Waals surface area contributed by atoms with Gasteiger partial charge in [0.15, 0.2) is 11.5 Å². The van der Waals surface area contributed by atoms with Gasteiger partial charge in [-0.3, -0.25) is 4.79 Å². The van der Waals surface area contributed by atoms with Gasteiger partial charge < -0.3 is 4.42 Å². The highest BCUT2D eigenvalue weighted by Gasteiger charge is 2.12. The number of hydrogen-bond acceptors (Lipinski definition) is 5. The molecule has 116 valence electrons. The second-order valence-corrected chi connectivity index (χ2v) is 5.40. The van der Waals surface area contributed by atoms with Crippen LogP contribution in [0.2, 0.25) is 0 Å². The molecule has 1 aromatic carbocycles. The van der Waals surface area contributed by atoms with Gasteiger partial charge in [0.05, 0.1) is 5.69 Å². The highest BCUT2D eigenvalue weighted by atomic mass is 16.3. The molecule has 2 heterocycles. The Morgan fingerprint density at radius 3 is 2.83 bits per heavy atom. The zero-order chi connectivity index (χ0) is 16.4. The molecule has 0 unspecified atom stereocenters. The van der Waals surface area contributed by atoms with Crippen LogP contribution in [0.4, 0.5) is 0 Å². The number of oxazole rings is 1. The van der Waals surface area contributed by atoms with Crippen LogP contribution in [0.15, 0.2) is 33.5 Å². The van der Waals surface area contributed by atoms with Crippen molar-refractivity contribution in [3.63, 3.8) is 0 Å². The van der Waals surface area contributed by atoms with Gasteiger partial charge in [-0.2, -0.15) is 10.4 Å². The average molecular weight is 308 g/mol. The van der Waals surface area contributed by atoms with E-state index in [0.717, 1.165) is 11.1 Å². The summed E-state index contributed by atoms with van der Waals surface area (Å²) < 4.78 is 7.00. The van der Waals surface area contributed by atoms with Crippen LogP contribution in [0.5, 0.6) is 0 Å². The predicted molar refractivity (Wildman–Crippen MR) is 85.0 cm³/mol. The summed E-state index contributed by atoms with van der Waals surface area (Å²) in [6.07, 6.45) is 1.27. The van der Waals surface area contributed by atoms with Gasteiger partial charge in [0.1, 0.15) is 17.1 Å². The first kappa shape index (κ1) is 15.0. The maximum atomic E-state index is 12.2. The number of benzene rings is 1. The van der Waals surface area contributed by atoms with Crippen molar-refractivity contribution in [2.75, 3.05) is 0 Å². The molecule has 6 heteroatoms. The molecule has 0 spiro atoms. The van der Waals surface area contributed by atoms with E-state index >= 15 is 0 Å². The Kier molecular flexibility index (Phi) is 3.94. The van der Waals surface area contributed by atoms with Crippen molar-refractivity contribution in [1.82, 2.24) is 14.8 Å². The highest BCUT2D eigenvalue weighted by Crippen LogP contribution is 2.15. The van der Waals surface area contributed by atoms with E-state index in [1.165, 1.54) is 4.68 Å². The van der Waals surface area contributed by atoms with Crippen molar-refractivity contribution >= 4 is 11.1 Å². The summed E-state index contributed by atoms with van der Waals surface area (Å²) >= 11 is 0. The first-order valence-corrected chi connectivity index (χ1v) is 7.43. The van der Waals surface area contributed by atoms with Crippen LogP contribution in [0, 0.1) is 25.2 Å². The van der Waals surface area contributed by atoms with Crippen LogP contribution in [-0.4, -0.2) is 14.8 Å². The van der Waals surface area contributed by atoms with E-state index < -0.39 is 0 Å². The molecule has 0 bridgehead atoms. The first-order valence-electron chi connectivity index (χ1n) is 7.43. The average Bonchev–Trinajstić information content (AvgIpc) is 2.95. The molecular weight excluding hydrogens is 292 g/mol. The molecule has 3 rings (SSSR count). The molecule has 23 heavy (non-hydrogen) atoms. The summed E-state index contributed by atoms with van der Waals surface area (Å²) in [5.74, 6) is 0.642. The fraction of sp³-hybridized carbons (Fsp3) is 0.294. The van der Waals surface area contributed by atoms with Gasteiger partial charge in [0.2, 0.25) is 0 Å². The van der Waals surface area contributed by atoms with Gasteiger partial charge in [-0.25, -0.2) is 9.67 Å². The lowest BCUT2D eigenvalue weighted by molar-refractivity contribution is 0.481. The Hall–Kier alpha value is -2.94. The summed E-state index contributed by atoms with van der Waals surface area (Å²) in [5, 5.41) is 13.4. The number of para-hydroxylation sites is 2. The normalized spacial score (nSPS) is 10.8. The molecule has 0 amide bonds. The zero-order valence-electron chi connectivity index (χ0n) is 13.0. The smallest absolute Gasteiger partial charge is 0.284 e. The summed E-state index contributed by atoms with van der Waals surface area (Å²) in [5.41, 5.74) is 2.76. The number of aryl methyl sites for hydroxylation is 3. The monoisotopic (exact) mass is 308 g/mol. The van der Waals surface area contributed by atoms with Crippen LogP contribution >= 0.6 is 0 Å². The minimum absolute atomic E-state index is 0.166. The molecule has 0 saturated heterocycles. The van der Waals surface area contributed by atoms with E-state index in [9.17, 15) is 4.79 Å². The fourth-order valence-corrected chi connectivity index (χ4v) is 2.46. The van der Waals surface area contributed by atoms with Gasteiger partial charge >= 0.3 is 0 Å². The molecule has 0 aliphatic rings. The predicted octanol–water partition coefficient (Wildman–Crippen LogP) is 2.51. The lowest BCUT2D eigenvalue weighted by Gasteiger charge is -2.08. The third kappa shape index (κ3) is 2.86. The largest absolute Gasteiger partial charge is 0.441 e. The molecule has 0 saturated carbocycles. The van der Waals surface area contributed by atoms with Gasteiger partial charge in [-0.15, -0.1) is 0 Å². The Morgan fingerprint density at radius 1 is 1.30 bits per heavy atom. The van der Waals surface area contributed by atoms with Gasteiger partial charge in [0, 0.05) is 13.0 Å². The Morgan fingerprint density at radius 2 is 2.09 bits per heavy atom. The van der Waals surface area contributed by atoms with Crippen molar-refractivity contribution in [3.8, 4) is 6.07 Å². The minimum atomic E-state index is -0.340. The topological polar surface area (TPSA) is 84.7 Å². The Balaban J connectivity index is 1.75. The number of rotatable bonds is 4. The lowest BCUT2D eigenvalue weighted by atomic mass is 10.1. The molecule has 2 aromatic heterocycles. The second-order valence-electron chi connectivity index (χ2n) is 5.40. The fourth-order valence-electron chi connectivity index (χ4n) is 2.46. The van der Waals surface area contributed by atoms with Crippen LogP contribution in [0.25, 0.3) is 11.1 Å². The SMILES string of the molecule is Cc1nn(CCCc2nc3ccccc3o2)c(=O)c(C#N)c1C. The van der Waals surface area contributed by atoms with E-state index in [2.05, 4.69) is 10.1 Å². The maximum Gasteiger partial charge on any atom is 0.284 e. The van der Waals surface area contributed by atoms with E-state index in [0.29, 0.717) is 36.5 Å². The molecule has 0 radical (unpaired) electrons. The molecule has 0 fully saturated rings. The highest BCUT2D eigenvalue weighted by molar-refractivity contribution is 5.72. The zero-order valence-corrected chi connectivity index (χ0v) is 13.0. The molecule has 0 N–H and O–H groups in total. The summed E-state index contributed by atoms with van der Waals surface area (Å²) in [4.78, 5) is 16.6. The number of hydrogen-bond donors (Lipinski definition) is 0. The number of nitriles is 1. The standard InChI is InChI=1S/C17H16N4O2/c1-11-12(2)20-21(17(22)13(11)10-18)9-5-8-16-19-14-6-3-4-7-15(14)23-16/h3-4,6-7H,5,8-9H2,1-2H3. The van der Waals surface area contributed by atoms with Crippen molar-refractivity contribution in [1.29, 1.82) is 5.26 Å².